The third-order valence-corrected chi connectivity index (χ3v) is 6.58. The van der Waals surface area contributed by atoms with Crippen LogP contribution in [-0.2, 0) is 9.59 Å². The molecular formula is C20H28O3. The van der Waals surface area contributed by atoms with Gasteiger partial charge in [-0.3, -0.25) is 9.59 Å². The molecule has 0 heterocycles. The molecule has 3 nitrogen and oxygen atoms in total. The molecule has 3 rings (SSSR count). The highest BCUT2D eigenvalue weighted by Gasteiger charge is 2.55. The van der Waals surface area contributed by atoms with Crippen LogP contribution in [0.2, 0.25) is 0 Å². The van der Waals surface area contributed by atoms with Gasteiger partial charge in [-0.25, -0.2) is 0 Å². The van der Waals surface area contributed by atoms with Crippen LogP contribution in [0.25, 0.3) is 0 Å². The minimum absolute atomic E-state index is 0.0878. The lowest BCUT2D eigenvalue weighted by Crippen LogP contribution is -2.49. The van der Waals surface area contributed by atoms with Gasteiger partial charge in [0.25, 0.3) is 0 Å². The van der Waals surface area contributed by atoms with Crippen molar-refractivity contribution in [1.82, 2.24) is 0 Å². The van der Waals surface area contributed by atoms with E-state index in [2.05, 4.69) is 20.8 Å². The zero-order valence-electron chi connectivity index (χ0n) is 15.0. The summed E-state index contributed by atoms with van der Waals surface area (Å²) in [4.78, 5) is 25.9. The third kappa shape index (κ3) is 2.15. The molecule has 2 atom stereocenters. The van der Waals surface area contributed by atoms with Crippen LogP contribution in [0.3, 0.4) is 0 Å². The van der Waals surface area contributed by atoms with Crippen molar-refractivity contribution < 1.29 is 14.7 Å². The van der Waals surface area contributed by atoms with Crippen molar-refractivity contribution in [2.45, 2.75) is 66.7 Å². The fourth-order valence-corrected chi connectivity index (χ4v) is 5.56. The third-order valence-electron chi connectivity index (χ3n) is 6.58. The molecular weight excluding hydrogens is 288 g/mol. The Balaban J connectivity index is 2.16. The first-order valence-electron chi connectivity index (χ1n) is 8.87. The number of Topliss-reactive ketones (excluding diaryl/α,β-unsaturated/α-hetero) is 2. The van der Waals surface area contributed by atoms with Gasteiger partial charge < -0.3 is 5.11 Å². The summed E-state index contributed by atoms with van der Waals surface area (Å²) in [7, 11) is 0. The molecule has 0 aromatic heterocycles. The molecule has 0 aromatic rings. The molecule has 23 heavy (non-hydrogen) atoms. The topological polar surface area (TPSA) is 54.4 Å². The second-order valence-corrected chi connectivity index (χ2v) is 8.78. The normalized spacial score (nSPS) is 33.9. The number of aliphatic hydroxyl groups excluding tert-OH is 1. The lowest BCUT2D eigenvalue weighted by atomic mass is 9.48. The van der Waals surface area contributed by atoms with Crippen molar-refractivity contribution in [2.24, 2.45) is 22.7 Å². The van der Waals surface area contributed by atoms with Crippen molar-refractivity contribution in [3.63, 3.8) is 0 Å². The van der Waals surface area contributed by atoms with Gasteiger partial charge in [0.2, 0.25) is 5.78 Å². The summed E-state index contributed by atoms with van der Waals surface area (Å²) >= 11 is 0. The van der Waals surface area contributed by atoms with Crippen molar-refractivity contribution >= 4 is 11.6 Å². The molecule has 0 saturated heterocycles. The van der Waals surface area contributed by atoms with Gasteiger partial charge in [0, 0.05) is 22.1 Å². The summed E-state index contributed by atoms with van der Waals surface area (Å²) in [5.74, 6) is -0.404. The zero-order valence-corrected chi connectivity index (χ0v) is 15.0. The molecule has 3 aliphatic carbocycles. The Morgan fingerprint density at radius 1 is 1.09 bits per heavy atom. The van der Waals surface area contributed by atoms with Crippen LogP contribution in [-0.4, -0.2) is 16.7 Å². The van der Waals surface area contributed by atoms with Gasteiger partial charge >= 0.3 is 0 Å². The summed E-state index contributed by atoms with van der Waals surface area (Å²) in [6.45, 7) is 10.4. The Kier molecular flexibility index (Phi) is 3.62. The van der Waals surface area contributed by atoms with Crippen LogP contribution in [0, 0.1) is 22.7 Å². The molecule has 0 bridgehead atoms. The Bertz CT molecular complexity index is 648. The highest BCUT2D eigenvalue weighted by atomic mass is 16.3. The number of aliphatic hydroxyl groups is 1. The lowest BCUT2D eigenvalue weighted by molar-refractivity contribution is -0.122. The van der Waals surface area contributed by atoms with E-state index in [4.69, 9.17) is 0 Å². The zero-order chi connectivity index (χ0) is 17.2. The van der Waals surface area contributed by atoms with Crippen LogP contribution in [0.1, 0.15) is 66.7 Å². The van der Waals surface area contributed by atoms with E-state index in [9.17, 15) is 14.7 Å². The number of rotatable bonds is 1. The van der Waals surface area contributed by atoms with Gasteiger partial charge in [-0.2, -0.15) is 0 Å². The summed E-state index contributed by atoms with van der Waals surface area (Å²) in [5, 5.41) is 10.4. The standard InChI is InChI=1S/C20H28O3/c1-11(2)14-16(21)12-7-8-13-19(3,4)9-6-10-20(13,5)15(12)18(23)17(14)22/h11,13,22H,6-10H2,1-5H3/t13?,20-/m0/s1. The first kappa shape index (κ1) is 16.5. The maximum atomic E-state index is 13.0. The number of ketones is 2. The molecule has 0 spiro atoms. The summed E-state index contributed by atoms with van der Waals surface area (Å²) in [6, 6.07) is 0. The molecule has 0 radical (unpaired) electrons. The van der Waals surface area contributed by atoms with E-state index in [1.165, 1.54) is 0 Å². The summed E-state index contributed by atoms with van der Waals surface area (Å²) in [6.07, 6.45) is 4.81. The fraction of sp³-hybridized carbons (Fsp3) is 0.700. The first-order chi connectivity index (χ1) is 10.6. The number of allylic oxidation sites excluding steroid dienone is 3. The molecule has 126 valence electrons. The maximum absolute atomic E-state index is 13.0. The Morgan fingerprint density at radius 2 is 1.74 bits per heavy atom. The molecule has 1 fully saturated rings. The van der Waals surface area contributed by atoms with Crippen LogP contribution in [0.4, 0.5) is 0 Å². The quantitative estimate of drug-likeness (QED) is 0.723. The van der Waals surface area contributed by atoms with E-state index in [1.807, 2.05) is 13.8 Å². The number of fused-ring (bicyclic) bond motifs is 2. The molecule has 3 heteroatoms. The van der Waals surface area contributed by atoms with E-state index < -0.39 is 0 Å². The van der Waals surface area contributed by atoms with Gasteiger partial charge in [0.1, 0.15) is 0 Å². The van der Waals surface area contributed by atoms with Crippen LogP contribution < -0.4 is 0 Å². The SMILES string of the molecule is CC(C)C1=C(O)C(=O)C2=C(CCC3C(C)(C)CCC[C@]23C)C1=O. The van der Waals surface area contributed by atoms with Crippen LogP contribution in [0.15, 0.2) is 22.5 Å². The van der Waals surface area contributed by atoms with E-state index in [0.29, 0.717) is 29.1 Å². The van der Waals surface area contributed by atoms with E-state index in [1.54, 1.807) is 0 Å². The number of hydrogen-bond acceptors (Lipinski definition) is 3. The fourth-order valence-electron chi connectivity index (χ4n) is 5.56. The van der Waals surface area contributed by atoms with Crippen molar-refractivity contribution in [3.05, 3.63) is 22.5 Å². The smallest absolute Gasteiger partial charge is 0.224 e. The number of carbonyl (C=O) groups is 2. The maximum Gasteiger partial charge on any atom is 0.224 e. The van der Waals surface area contributed by atoms with Gasteiger partial charge in [0.05, 0.1) is 0 Å². The summed E-state index contributed by atoms with van der Waals surface area (Å²) < 4.78 is 0. The Morgan fingerprint density at radius 3 is 2.35 bits per heavy atom. The van der Waals surface area contributed by atoms with Gasteiger partial charge in [-0.15, -0.1) is 0 Å². The van der Waals surface area contributed by atoms with E-state index in [0.717, 1.165) is 25.7 Å². The first-order valence-corrected chi connectivity index (χ1v) is 8.87. The van der Waals surface area contributed by atoms with Crippen molar-refractivity contribution in [3.8, 4) is 0 Å². The van der Waals surface area contributed by atoms with Crippen molar-refractivity contribution in [2.75, 3.05) is 0 Å². The van der Waals surface area contributed by atoms with Gasteiger partial charge in [0.15, 0.2) is 11.5 Å². The number of hydrogen-bond donors (Lipinski definition) is 1. The predicted molar refractivity (Wildman–Crippen MR) is 90.0 cm³/mol. The highest BCUT2D eigenvalue weighted by molar-refractivity contribution is 6.25. The Hall–Kier alpha value is -1.38. The number of carbonyl (C=O) groups excluding carboxylic acids is 2. The molecule has 1 N–H and O–H groups in total. The van der Waals surface area contributed by atoms with Crippen LogP contribution >= 0.6 is 0 Å². The monoisotopic (exact) mass is 316 g/mol. The largest absolute Gasteiger partial charge is 0.504 e. The Labute approximate surface area is 138 Å². The highest BCUT2D eigenvalue weighted by Crippen LogP contribution is 2.60. The predicted octanol–water partition coefficient (Wildman–Crippen LogP) is 4.53. The minimum atomic E-state index is -0.297. The molecule has 0 aliphatic heterocycles. The second-order valence-electron chi connectivity index (χ2n) is 8.78. The average molecular weight is 316 g/mol. The van der Waals surface area contributed by atoms with E-state index in [-0.39, 0.29) is 34.1 Å². The second kappa shape index (κ2) is 5.06. The molecule has 0 aromatic carbocycles. The van der Waals surface area contributed by atoms with Crippen LogP contribution in [0.5, 0.6) is 0 Å². The van der Waals surface area contributed by atoms with Gasteiger partial charge in [-0.05, 0) is 42.9 Å². The molecule has 1 unspecified atom stereocenters. The van der Waals surface area contributed by atoms with E-state index >= 15 is 0 Å². The summed E-state index contributed by atoms with van der Waals surface area (Å²) in [5.41, 5.74) is 1.53. The average Bonchev–Trinajstić information content (AvgIpc) is 2.43. The van der Waals surface area contributed by atoms with Gasteiger partial charge in [-0.1, -0.05) is 41.0 Å². The minimum Gasteiger partial charge on any atom is -0.504 e. The molecule has 3 aliphatic rings. The van der Waals surface area contributed by atoms with Crippen molar-refractivity contribution in [1.29, 1.82) is 0 Å². The lowest BCUT2D eigenvalue weighted by Gasteiger charge is -2.55. The molecule has 0 amide bonds. The molecule has 1 saturated carbocycles.